The maximum absolute atomic E-state index is 10.5. The van der Waals surface area contributed by atoms with Gasteiger partial charge in [0.15, 0.2) is 0 Å². The van der Waals surface area contributed by atoms with Crippen LogP contribution in [-0.4, -0.2) is 54.0 Å². The molecule has 0 aromatic carbocycles. The molecule has 0 amide bonds. The van der Waals surface area contributed by atoms with Gasteiger partial charge in [0, 0.05) is 46.2 Å². The van der Waals surface area contributed by atoms with Crippen molar-refractivity contribution in [2.24, 2.45) is 0 Å². The van der Waals surface area contributed by atoms with Gasteiger partial charge in [-0.15, -0.1) is 0 Å². The third-order valence-corrected chi connectivity index (χ3v) is 3.52. The zero-order valence-corrected chi connectivity index (χ0v) is 12.3. The number of nitrogens with one attached hydrogen (secondary N) is 1. The standard InChI is InChI=1S/C14H24N4O2/c1-3-6-16-12-9-15-10-13(17-12)18(2)11-14(19)4-7-20-8-5-14/h9-10,19H,3-8,11H2,1-2H3,(H,16,17). The Morgan fingerprint density at radius 1 is 1.40 bits per heavy atom. The van der Waals surface area contributed by atoms with E-state index in [9.17, 15) is 5.11 Å². The third-order valence-electron chi connectivity index (χ3n) is 3.52. The van der Waals surface area contributed by atoms with Gasteiger partial charge in [-0.1, -0.05) is 6.92 Å². The maximum Gasteiger partial charge on any atom is 0.149 e. The Morgan fingerprint density at radius 3 is 2.85 bits per heavy atom. The smallest absolute Gasteiger partial charge is 0.149 e. The van der Waals surface area contributed by atoms with Gasteiger partial charge in [-0.2, -0.15) is 0 Å². The minimum absolute atomic E-state index is 0.544. The Kier molecular flexibility index (Phi) is 5.14. The first kappa shape index (κ1) is 15.0. The molecule has 0 aliphatic carbocycles. The lowest BCUT2D eigenvalue weighted by Crippen LogP contribution is -2.46. The molecule has 1 aromatic heterocycles. The molecule has 20 heavy (non-hydrogen) atoms. The molecule has 6 heteroatoms. The SMILES string of the molecule is CCCNc1cncc(N(C)CC2(O)CCOCC2)n1. The summed E-state index contributed by atoms with van der Waals surface area (Å²) in [5, 5.41) is 13.7. The Balaban J connectivity index is 1.99. The predicted octanol–water partition coefficient (Wildman–Crippen LogP) is 1.28. The van der Waals surface area contributed by atoms with Crippen LogP contribution in [0.3, 0.4) is 0 Å². The number of ether oxygens (including phenoxy) is 1. The normalized spacial score (nSPS) is 17.8. The number of likely N-dealkylation sites (N-methyl/N-ethyl adjacent to an activating group) is 1. The second kappa shape index (κ2) is 6.85. The van der Waals surface area contributed by atoms with Crippen LogP contribution in [0.2, 0.25) is 0 Å². The van der Waals surface area contributed by atoms with E-state index in [1.165, 1.54) is 0 Å². The Bertz CT molecular complexity index is 421. The summed E-state index contributed by atoms with van der Waals surface area (Å²) in [6.07, 6.45) is 5.81. The van der Waals surface area contributed by atoms with Crippen molar-refractivity contribution < 1.29 is 9.84 Å². The summed E-state index contributed by atoms with van der Waals surface area (Å²) >= 11 is 0. The fourth-order valence-corrected chi connectivity index (χ4v) is 2.31. The van der Waals surface area contributed by atoms with E-state index in [0.29, 0.717) is 32.6 Å². The monoisotopic (exact) mass is 280 g/mol. The molecule has 1 aliphatic heterocycles. The van der Waals surface area contributed by atoms with Crippen molar-refractivity contribution in [2.75, 3.05) is 43.6 Å². The maximum atomic E-state index is 10.5. The lowest BCUT2D eigenvalue weighted by atomic mass is 9.94. The van der Waals surface area contributed by atoms with Gasteiger partial charge in [0.2, 0.25) is 0 Å². The Hall–Kier alpha value is -1.40. The number of aliphatic hydroxyl groups is 1. The quantitative estimate of drug-likeness (QED) is 0.818. The van der Waals surface area contributed by atoms with Crippen LogP contribution >= 0.6 is 0 Å². The number of hydrogen-bond acceptors (Lipinski definition) is 6. The van der Waals surface area contributed by atoms with E-state index in [-0.39, 0.29) is 0 Å². The van der Waals surface area contributed by atoms with Crippen LogP contribution in [0.4, 0.5) is 11.6 Å². The second-order valence-corrected chi connectivity index (χ2v) is 5.38. The lowest BCUT2D eigenvalue weighted by Gasteiger charge is -2.35. The highest BCUT2D eigenvalue weighted by molar-refractivity contribution is 5.43. The zero-order valence-electron chi connectivity index (χ0n) is 12.3. The third kappa shape index (κ3) is 4.05. The van der Waals surface area contributed by atoms with Crippen LogP contribution in [-0.2, 0) is 4.74 Å². The molecule has 0 saturated carbocycles. The predicted molar refractivity (Wildman–Crippen MR) is 79.1 cm³/mol. The molecule has 2 N–H and O–H groups in total. The van der Waals surface area contributed by atoms with Crippen LogP contribution in [0, 0.1) is 0 Å². The summed E-state index contributed by atoms with van der Waals surface area (Å²) < 4.78 is 5.30. The second-order valence-electron chi connectivity index (χ2n) is 5.38. The first-order chi connectivity index (χ1) is 9.63. The highest BCUT2D eigenvalue weighted by Crippen LogP contribution is 2.23. The van der Waals surface area contributed by atoms with E-state index < -0.39 is 5.60 Å². The summed E-state index contributed by atoms with van der Waals surface area (Å²) in [5.74, 6) is 1.54. The van der Waals surface area contributed by atoms with Crippen LogP contribution in [0.15, 0.2) is 12.4 Å². The highest BCUT2D eigenvalue weighted by Gasteiger charge is 2.31. The van der Waals surface area contributed by atoms with Crippen molar-refractivity contribution in [1.82, 2.24) is 9.97 Å². The molecular formula is C14H24N4O2. The van der Waals surface area contributed by atoms with Crippen LogP contribution in [0.5, 0.6) is 0 Å². The van der Waals surface area contributed by atoms with E-state index in [1.54, 1.807) is 12.4 Å². The van der Waals surface area contributed by atoms with Gasteiger partial charge in [-0.05, 0) is 6.42 Å². The van der Waals surface area contributed by atoms with Crippen LogP contribution in [0.1, 0.15) is 26.2 Å². The average Bonchev–Trinajstić information content (AvgIpc) is 2.45. The van der Waals surface area contributed by atoms with E-state index in [0.717, 1.165) is 24.6 Å². The van der Waals surface area contributed by atoms with Crippen molar-refractivity contribution in [3.05, 3.63) is 12.4 Å². The molecule has 1 aliphatic rings. The summed E-state index contributed by atoms with van der Waals surface area (Å²) in [4.78, 5) is 10.7. The lowest BCUT2D eigenvalue weighted by molar-refractivity contribution is -0.0573. The molecule has 0 bridgehead atoms. The summed E-state index contributed by atoms with van der Waals surface area (Å²) in [5.41, 5.74) is -0.693. The van der Waals surface area contributed by atoms with E-state index in [4.69, 9.17) is 4.74 Å². The summed E-state index contributed by atoms with van der Waals surface area (Å²) in [6, 6.07) is 0. The largest absolute Gasteiger partial charge is 0.388 e. The van der Waals surface area contributed by atoms with Crippen molar-refractivity contribution in [3.8, 4) is 0 Å². The van der Waals surface area contributed by atoms with Gasteiger partial charge >= 0.3 is 0 Å². The van der Waals surface area contributed by atoms with Crippen molar-refractivity contribution in [1.29, 1.82) is 0 Å². The molecule has 1 aromatic rings. The van der Waals surface area contributed by atoms with Crippen molar-refractivity contribution in [3.63, 3.8) is 0 Å². The van der Waals surface area contributed by atoms with Crippen LogP contribution < -0.4 is 10.2 Å². The van der Waals surface area contributed by atoms with Gasteiger partial charge in [-0.3, -0.25) is 4.98 Å². The molecule has 2 rings (SSSR count). The van der Waals surface area contributed by atoms with Gasteiger partial charge < -0.3 is 20.1 Å². The van der Waals surface area contributed by atoms with E-state index in [1.807, 2.05) is 11.9 Å². The number of hydrogen-bond donors (Lipinski definition) is 2. The Labute approximate surface area is 120 Å². The topological polar surface area (TPSA) is 70.5 Å². The first-order valence-corrected chi connectivity index (χ1v) is 7.20. The Morgan fingerprint density at radius 2 is 2.15 bits per heavy atom. The number of rotatable bonds is 6. The molecule has 6 nitrogen and oxygen atoms in total. The minimum Gasteiger partial charge on any atom is -0.388 e. The van der Waals surface area contributed by atoms with E-state index in [2.05, 4.69) is 22.2 Å². The van der Waals surface area contributed by atoms with Gasteiger partial charge in [0.25, 0.3) is 0 Å². The molecule has 1 fully saturated rings. The minimum atomic E-state index is -0.693. The van der Waals surface area contributed by atoms with Crippen LogP contribution in [0.25, 0.3) is 0 Å². The summed E-state index contributed by atoms with van der Waals surface area (Å²) in [6.45, 7) is 4.77. The van der Waals surface area contributed by atoms with Gasteiger partial charge in [-0.25, -0.2) is 4.98 Å². The van der Waals surface area contributed by atoms with Gasteiger partial charge in [0.05, 0.1) is 18.0 Å². The van der Waals surface area contributed by atoms with Gasteiger partial charge in [0.1, 0.15) is 11.6 Å². The molecule has 112 valence electrons. The molecule has 0 atom stereocenters. The molecular weight excluding hydrogens is 256 g/mol. The molecule has 0 radical (unpaired) electrons. The average molecular weight is 280 g/mol. The van der Waals surface area contributed by atoms with Crippen molar-refractivity contribution in [2.45, 2.75) is 31.8 Å². The molecule has 1 saturated heterocycles. The first-order valence-electron chi connectivity index (χ1n) is 7.20. The fourth-order valence-electron chi connectivity index (χ4n) is 2.31. The van der Waals surface area contributed by atoms with Crippen molar-refractivity contribution >= 4 is 11.6 Å². The summed E-state index contributed by atoms with van der Waals surface area (Å²) in [7, 11) is 1.93. The van der Waals surface area contributed by atoms with E-state index >= 15 is 0 Å². The fraction of sp³-hybridized carbons (Fsp3) is 0.714. The highest BCUT2D eigenvalue weighted by atomic mass is 16.5. The molecule has 2 heterocycles. The number of aromatic nitrogens is 2. The zero-order chi connectivity index (χ0) is 14.4. The number of nitrogens with zero attached hydrogens (tertiary/aromatic N) is 3. The molecule has 0 unspecified atom stereocenters. The number of anilines is 2. The molecule has 0 spiro atoms.